The van der Waals surface area contributed by atoms with Crippen LogP contribution in [0, 0.1) is 0 Å². The summed E-state index contributed by atoms with van der Waals surface area (Å²) in [6.07, 6.45) is 0. The Morgan fingerprint density at radius 3 is 1.00 bits per heavy atom. The maximum atomic E-state index is 8.55. The minimum absolute atomic E-state index is 0. The van der Waals surface area contributed by atoms with E-state index in [1.165, 1.54) is 0 Å². The molecule has 1 N–H and O–H groups in total. The first-order valence-corrected chi connectivity index (χ1v) is 6.00. The van der Waals surface area contributed by atoms with Crippen LogP contribution in [0.5, 0.6) is 0 Å². The molecule has 0 aromatic carbocycles. The van der Waals surface area contributed by atoms with Crippen LogP contribution in [0.1, 0.15) is 0 Å². The van der Waals surface area contributed by atoms with Crippen molar-refractivity contribution < 1.29 is 43.6 Å². The van der Waals surface area contributed by atoms with Crippen LogP contribution in [0.4, 0.5) is 0 Å². The summed E-state index contributed by atoms with van der Waals surface area (Å²) in [5.41, 5.74) is 0. The third-order valence-corrected chi connectivity index (χ3v) is 0.254. The molecule has 0 saturated heterocycles. The van der Waals surface area contributed by atoms with E-state index in [1.54, 1.807) is 0 Å². The Bertz CT molecular complexity index is 160. The maximum absolute atomic E-state index is 8.55. The van der Waals surface area contributed by atoms with Crippen LogP contribution in [0.25, 0.3) is 0 Å². The molecule has 0 atom stereocenters. The third kappa shape index (κ3) is 342. The first-order valence-electron chi connectivity index (χ1n) is 2.54. The molecule has 0 aliphatic carbocycles. The second-order valence-corrected chi connectivity index (χ2v) is 3.47. The largest absolute Gasteiger partial charge is 2.00 e. The Morgan fingerprint density at radius 1 is 0.933 bits per heavy atom. The van der Waals surface area contributed by atoms with Crippen molar-refractivity contribution >= 4 is 76.1 Å². The summed E-state index contributed by atoms with van der Waals surface area (Å²) in [5.74, 6) is 0.347. The normalized spacial score (nSPS) is 9.87. The Morgan fingerprint density at radius 2 is 1.00 bits per heavy atom. The molecule has 0 heterocycles. The Hall–Kier alpha value is 2.04. The molecule has 0 rings (SSSR count). The molecule has 0 amide bonds. The average Bonchev–Trinajstić information content (AvgIpc) is 1.79. The van der Waals surface area contributed by atoms with Gasteiger partial charge < -0.3 is 43.6 Å². The molecule has 0 aliphatic rings. The van der Waals surface area contributed by atoms with Crippen molar-refractivity contribution in [1.29, 1.82) is 0 Å². The predicted molar refractivity (Wildman–Crippen MR) is 38.8 cm³/mol. The number of phosphoric acid groups is 2. The van der Waals surface area contributed by atoms with Gasteiger partial charge in [0.1, 0.15) is 0 Å². The van der Waals surface area contributed by atoms with Gasteiger partial charge in [-0.05, 0) is 0 Å². The summed E-state index contributed by atoms with van der Waals surface area (Å²) in [6, 6.07) is 0. The number of alkyl halides is 1. The van der Waals surface area contributed by atoms with Gasteiger partial charge in [0.15, 0.2) is 0 Å². The predicted octanol–water partition coefficient (Wildman–Crippen LogP) is -5.81. The van der Waals surface area contributed by atoms with Crippen molar-refractivity contribution in [2.45, 2.75) is 0 Å². The van der Waals surface area contributed by atoms with Crippen molar-refractivity contribution in [3.8, 4) is 0 Å². The molecule has 0 fully saturated rings. The summed E-state index contributed by atoms with van der Waals surface area (Å²) >= 11 is 4.94. The van der Waals surface area contributed by atoms with Crippen molar-refractivity contribution in [2.24, 2.45) is 0 Å². The molecule has 90 valence electrons. The van der Waals surface area contributed by atoms with Crippen LogP contribution in [0.3, 0.4) is 0 Å². The minimum atomic E-state index is -5.39. The summed E-state index contributed by atoms with van der Waals surface area (Å²) in [4.78, 5) is 51.3. The van der Waals surface area contributed by atoms with Crippen molar-refractivity contribution in [3.05, 3.63) is 0 Å². The first kappa shape index (κ1) is 25.8. The molecule has 0 aromatic rings. The smallest absolute Gasteiger partial charge is 0.822 e. The number of rotatable bonds is 1. The van der Waals surface area contributed by atoms with E-state index >= 15 is 0 Å². The molecule has 0 unspecified atom stereocenters. The van der Waals surface area contributed by atoms with Crippen LogP contribution >= 0.6 is 27.2 Å². The molecule has 0 aromatic heterocycles. The molecular formula is C2H5BaClO9P2-4. The average molecular weight is 408 g/mol. The second-order valence-electron chi connectivity index (χ2n) is 1.31. The fraction of sp³-hybridized carbons (Fsp3) is 1.00. The first-order chi connectivity index (χ1) is 5.91. The standard InChI is InChI=1S/C2H5ClO.Ba.2H3O4P/c3-1-2-4;;2*1-5(2,3)4/h4H,1-2H2;;2*(H3,1,2,3,4)/q;+2;;/p-6. The van der Waals surface area contributed by atoms with E-state index in [0.29, 0.717) is 5.88 Å². The molecule has 0 spiro atoms. The fourth-order valence-electron chi connectivity index (χ4n) is 0. The molecule has 0 bridgehead atoms. The molecule has 0 saturated carbocycles. The van der Waals surface area contributed by atoms with Crippen LogP contribution in [0.2, 0.25) is 0 Å². The molecule has 9 nitrogen and oxygen atoms in total. The summed E-state index contributed by atoms with van der Waals surface area (Å²) in [6.45, 7) is 0.0849. The molecule has 0 aliphatic heterocycles. The molecule has 13 heteroatoms. The van der Waals surface area contributed by atoms with E-state index in [9.17, 15) is 0 Å². The van der Waals surface area contributed by atoms with E-state index in [-0.39, 0.29) is 55.5 Å². The monoisotopic (exact) mass is 408 g/mol. The number of hydrogen-bond acceptors (Lipinski definition) is 9. The zero-order chi connectivity index (χ0) is 12.4. The Labute approximate surface area is 131 Å². The van der Waals surface area contributed by atoms with Crippen LogP contribution < -0.4 is 29.4 Å². The topological polar surface area (TPSA) is 193 Å². The van der Waals surface area contributed by atoms with Gasteiger partial charge in [0.05, 0.1) is 6.61 Å². The molecule has 0 radical (unpaired) electrons. The Kier molecular flexibility index (Phi) is 24.2. The van der Waals surface area contributed by atoms with Gasteiger partial charge in [-0.15, -0.1) is 11.6 Å². The Balaban J connectivity index is -0.0000000590. The maximum Gasteiger partial charge on any atom is 2.00 e. The van der Waals surface area contributed by atoms with Gasteiger partial charge in [-0.25, -0.2) is 0 Å². The third-order valence-electron chi connectivity index (χ3n) is 0.0845. The van der Waals surface area contributed by atoms with Crippen molar-refractivity contribution in [1.82, 2.24) is 0 Å². The summed E-state index contributed by atoms with van der Waals surface area (Å²) < 4.78 is 17.1. The number of hydrogen-bond donors (Lipinski definition) is 1. The van der Waals surface area contributed by atoms with Crippen molar-refractivity contribution in [3.63, 3.8) is 0 Å². The van der Waals surface area contributed by atoms with E-state index in [1.807, 2.05) is 0 Å². The number of aliphatic hydroxyl groups excluding tert-OH is 1. The van der Waals surface area contributed by atoms with Gasteiger partial charge in [0, 0.05) is 5.88 Å². The van der Waals surface area contributed by atoms with Crippen LogP contribution in [-0.4, -0.2) is 66.5 Å². The SMILES string of the molecule is O=P([O-])([O-])[O-].O=P([O-])([O-])[O-].OCCCl.[Ba+2]. The van der Waals surface area contributed by atoms with E-state index in [0.717, 1.165) is 0 Å². The van der Waals surface area contributed by atoms with Crippen LogP contribution in [0.15, 0.2) is 0 Å². The number of aliphatic hydroxyl groups is 1. The summed E-state index contributed by atoms with van der Waals surface area (Å²) in [5, 5.41) is 7.74. The molecular weight excluding hydrogens is 403 g/mol. The van der Waals surface area contributed by atoms with E-state index in [4.69, 9.17) is 55.2 Å². The van der Waals surface area contributed by atoms with Gasteiger partial charge in [-0.3, -0.25) is 0 Å². The zero-order valence-corrected chi connectivity index (χ0v) is 14.1. The van der Waals surface area contributed by atoms with Crippen molar-refractivity contribution in [2.75, 3.05) is 12.5 Å². The van der Waals surface area contributed by atoms with Gasteiger partial charge in [-0.2, -0.15) is 15.6 Å². The van der Waals surface area contributed by atoms with Gasteiger partial charge in [0.2, 0.25) is 0 Å². The number of halogens is 1. The van der Waals surface area contributed by atoms with Gasteiger partial charge >= 0.3 is 48.9 Å². The van der Waals surface area contributed by atoms with E-state index < -0.39 is 15.6 Å². The fourth-order valence-corrected chi connectivity index (χ4v) is 0. The zero-order valence-electron chi connectivity index (χ0n) is 7.11. The van der Waals surface area contributed by atoms with Gasteiger partial charge in [0.25, 0.3) is 0 Å². The molecule has 15 heavy (non-hydrogen) atoms. The minimum Gasteiger partial charge on any atom is -0.822 e. The quantitative estimate of drug-likeness (QED) is 0.250. The van der Waals surface area contributed by atoms with Gasteiger partial charge in [-0.1, -0.05) is 0 Å². The van der Waals surface area contributed by atoms with E-state index in [2.05, 4.69) is 0 Å². The summed E-state index contributed by atoms with van der Waals surface area (Å²) in [7, 11) is -10.8. The second kappa shape index (κ2) is 14.1. The van der Waals surface area contributed by atoms with Crippen LogP contribution in [-0.2, 0) is 9.13 Å².